The fraction of sp³-hybridized carbons (Fsp3) is 0.750. The van der Waals surface area contributed by atoms with Crippen LogP contribution in [0.4, 0.5) is 0 Å². The van der Waals surface area contributed by atoms with Crippen molar-refractivity contribution in [1.29, 1.82) is 0 Å². The molecule has 1 rings (SSSR count). The van der Waals surface area contributed by atoms with Crippen molar-refractivity contribution in [2.75, 3.05) is 0 Å². The van der Waals surface area contributed by atoms with Gasteiger partial charge in [-0.3, -0.25) is 4.79 Å². The Balaban J connectivity index is 3.23. The summed E-state index contributed by atoms with van der Waals surface area (Å²) < 4.78 is 5.41. The molecule has 0 saturated carbocycles. The first-order valence-electron chi connectivity index (χ1n) is 3.79. The van der Waals surface area contributed by atoms with Gasteiger partial charge >= 0.3 is 5.71 Å². The van der Waals surface area contributed by atoms with Gasteiger partial charge in [0.05, 0.1) is 0 Å². The van der Waals surface area contributed by atoms with Crippen molar-refractivity contribution in [1.82, 2.24) is 0 Å². The molecule has 4 heteroatoms. The van der Waals surface area contributed by atoms with E-state index in [1.807, 2.05) is 0 Å². The minimum absolute atomic E-state index is 0.0903. The van der Waals surface area contributed by atoms with Crippen LogP contribution in [0, 0.1) is 0 Å². The van der Waals surface area contributed by atoms with Crippen LogP contribution in [0.5, 0.6) is 0 Å². The highest BCUT2D eigenvalue weighted by molar-refractivity contribution is 6.44. The Labute approximate surface area is 71.1 Å². The molecule has 1 aliphatic rings. The zero-order valence-corrected chi connectivity index (χ0v) is 7.71. The molecule has 4 nitrogen and oxygen atoms in total. The third-order valence-corrected chi connectivity index (χ3v) is 1.94. The number of Topliss-reactive ketones (excluding diaryl/α,β-unsaturated/α-hetero) is 1. The Morgan fingerprint density at radius 1 is 1.25 bits per heavy atom. The van der Waals surface area contributed by atoms with E-state index in [9.17, 15) is 4.79 Å². The average Bonchev–Trinajstić information content (AvgIpc) is 1.98. The Kier molecular flexibility index (Phi) is 1.71. The van der Waals surface area contributed by atoms with Gasteiger partial charge in [-0.1, -0.05) is 0 Å². The highest BCUT2D eigenvalue weighted by Crippen LogP contribution is 2.30. The topological polar surface area (TPSA) is 62.7 Å². The number of hydrogen-bond donors (Lipinski definition) is 0. The summed E-state index contributed by atoms with van der Waals surface area (Å²) in [4.78, 5) is 14.4. The van der Waals surface area contributed by atoms with Gasteiger partial charge in [-0.2, -0.15) is 4.79 Å². The first-order chi connectivity index (χ1) is 5.31. The molecule has 0 bridgehead atoms. The summed E-state index contributed by atoms with van der Waals surface area (Å²) in [6.45, 7) is 6.73. The number of nitrogens with zero attached hydrogens (tertiary/aromatic N) is 2. The van der Waals surface area contributed by atoms with Crippen molar-refractivity contribution in [3.8, 4) is 0 Å². The van der Waals surface area contributed by atoms with Crippen molar-refractivity contribution >= 4 is 11.5 Å². The van der Waals surface area contributed by atoms with E-state index < -0.39 is 11.2 Å². The monoisotopic (exact) mass is 168 g/mol. The number of ether oxygens (including phenoxy) is 1. The van der Waals surface area contributed by atoms with Crippen LogP contribution < -0.4 is 0 Å². The van der Waals surface area contributed by atoms with E-state index in [0.29, 0.717) is 0 Å². The quantitative estimate of drug-likeness (QED) is 0.397. The van der Waals surface area contributed by atoms with Crippen LogP contribution >= 0.6 is 0 Å². The lowest BCUT2D eigenvalue weighted by atomic mass is 9.97. The number of rotatable bonds is 0. The van der Waals surface area contributed by atoms with Gasteiger partial charge in [-0.05, 0) is 27.7 Å². The molecule has 0 aliphatic carbocycles. The average molecular weight is 168 g/mol. The molecule has 66 valence electrons. The van der Waals surface area contributed by atoms with E-state index in [1.54, 1.807) is 27.7 Å². The van der Waals surface area contributed by atoms with Crippen molar-refractivity contribution < 1.29 is 14.3 Å². The lowest BCUT2D eigenvalue weighted by Gasteiger charge is -2.18. The lowest BCUT2D eigenvalue weighted by Crippen LogP contribution is -2.31. The van der Waals surface area contributed by atoms with Crippen LogP contribution in [-0.4, -0.2) is 27.5 Å². The number of carbonyl (C=O) groups excluding carboxylic acids is 1. The molecule has 1 saturated heterocycles. The summed E-state index contributed by atoms with van der Waals surface area (Å²) in [5.41, 5.74) is 7.03. The summed E-state index contributed by atoms with van der Waals surface area (Å²) in [6, 6.07) is 0. The Hall–Kier alpha value is -0.990. The molecule has 1 heterocycles. The largest absolute Gasteiger partial charge is 0.368 e. The van der Waals surface area contributed by atoms with Gasteiger partial charge in [0.25, 0.3) is 5.78 Å². The molecule has 0 unspecified atom stereocenters. The normalized spacial score (nSPS) is 25.7. The van der Waals surface area contributed by atoms with Gasteiger partial charge in [0.2, 0.25) is 0 Å². The lowest BCUT2D eigenvalue weighted by molar-refractivity contribution is -0.132. The molecular formula is C8H12N2O2. The molecule has 0 aromatic heterocycles. The van der Waals surface area contributed by atoms with E-state index >= 15 is 0 Å². The van der Waals surface area contributed by atoms with Crippen LogP contribution in [0.1, 0.15) is 27.7 Å². The highest BCUT2D eigenvalue weighted by atomic mass is 16.5. The van der Waals surface area contributed by atoms with Crippen molar-refractivity contribution in [3.63, 3.8) is 0 Å². The molecule has 12 heavy (non-hydrogen) atoms. The van der Waals surface area contributed by atoms with Gasteiger partial charge in [-0.15, -0.1) is 0 Å². The minimum atomic E-state index is -0.870. The zero-order valence-electron chi connectivity index (χ0n) is 7.71. The summed E-state index contributed by atoms with van der Waals surface area (Å²) >= 11 is 0. The van der Waals surface area contributed by atoms with Crippen molar-refractivity contribution in [2.45, 2.75) is 38.9 Å². The molecule has 1 aliphatic heterocycles. The van der Waals surface area contributed by atoms with Crippen LogP contribution in [0.25, 0.3) is 5.53 Å². The fourth-order valence-electron chi connectivity index (χ4n) is 1.46. The maximum Gasteiger partial charge on any atom is 0.368 e. The van der Waals surface area contributed by atoms with Crippen molar-refractivity contribution in [2.24, 2.45) is 0 Å². The standard InChI is InChI=1S/C8H12N2O2/c1-7(2)5(10-9)6(11)8(3,4)12-7/h1-4H3. The van der Waals surface area contributed by atoms with Gasteiger partial charge in [-0.25, -0.2) is 0 Å². The van der Waals surface area contributed by atoms with Gasteiger partial charge < -0.3 is 10.3 Å². The fourth-order valence-corrected chi connectivity index (χ4v) is 1.46. The molecule has 0 amide bonds. The highest BCUT2D eigenvalue weighted by Gasteiger charge is 2.57. The van der Waals surface area contributed by atoms with Crippen LogP contribution in [0.15, 0.2) is 0 Å². The second-order valence-corrected chi connectivity index (χ2v) is 3.90. The maximum absolute atomic E-state index is 11.5. The zero-order chi connectivity index (χ0) is 9.57. The molecular weight excluding hydrogens is 156 g/mol. The Morgan fingerprint density at radius 2 is 1.75 bits per heavy atom. The summed E-state index contributed by atoms with van der Waals surface area (Å²) in [5.74, 6) is -0.255. The smallest absolute Gasteiger partial charge is 0.361 e. The molecule has 0 atom stereocenters. The van der Waals surface area contributed by atoms with Crippen LogP contribution in [0.2, 0.25) is 0 Å². The first kappa shape index (κ1) is 9.10. The Morgan fingerprint density at radius 3 is 1.92 bits per heavy atom. The predicted molar refractivity (Wildman–Crippen MR) is 42.9 cm³/mol. The van der Waals surface area contributed by atoms with Gasteiger partial charge in [0, 0.05) is 0 Å². The van der Waals surface area contributed by atoms with E-state index in [0.717, 1.165) is 0 Å². The second kappa shape index (κ2) is 2.25. The number of carbonyl (C=O) groups is 1. The van der Waals surface area contributed by atoms with Gasteiger partial charge in [0.15, 0.2) is 5.60 Å². The minimum Gasteiger partial charge on any atom is -0.361 e. The first-order valence-corrected chi connectivity index (χ1v) is 3.79. The summed E-state index contributed by atoms with van der Waals surface area (Å²) in [5, 5.41) is 0. The molecule has 0 aromatic rings. The van der Waals surface area contributed by atoms with Crippen molar-refractivity contribution in [3.05, 3.63) is 5.53 Å². The maximum atomic E-state index is 11.5. The third kappa shape index (κ3) is 1.09. The number of ketones is 1. The van der Waals surface area contributed by atoms with Crippen LogP contribution in [-0.2, 0) is 9.53 Å². The Bertz CT molecular complexity index is 285. The molecule has 0 radical (unpaired) electrons. The molecule has 1 fully saturated rings. The number of hydrogen-bond acceptors (Lipinski definition) is 2. The molecule has 0 spiro atoms. The van der Waals surface area contributed by atoms with E-state index in [-0.39, 0.29) is 11.5 Å². The van der Waals surface area contributed by atoms with Crippen LogP contribution in [0.3, 0.4) is 0 Å². The summed E-state index contributed by atoms with van der Waals surface area (Å²) in [7, 11) is 0. The molecule has 0 aromatic carbocycles. The van der Waals surface area contributed by atoms with E-state index in [1.165, 1.54) is 0 Å². The second-order valence-electron chi connectivity index (χ2n) is 3.90. The SMILES string of the molecule is CC1(C)OC(C)(C)C(=[N+]=[N-])C1=O. The third-order valence-electron chi connectivity index (χ3n) is 1.94. The summed E-state index contributed by atoms with van der Waals surface area (Å²) in [6.07, 6.45) is 0. The van der Waals surface area contributed by atoms with E-state index in [4.69, 9.17) is 10.3 Å². The van der Waals surface area contributed by atoms with E-state index in [2.05, 4.69) is 4.79 Å². The predicted octanol–water partition coefficient (Wildman–Crippen LogP) is 0.814. The van der Waals surface area contributed by atoms with Gasteiger partial charge in [0.1, 0.15) is 5.60 Å². The molecule has 0 N–H and O–H groups in total.